The minimum atomic E-state index is -1.21. The Morgan fingerprint density at radius 1 is 1.31 bits per heavy atom. The molecule has 2 amide bonds. The fraction of sp³-hybridized carbons (Fsp3) is 0.304. The second-order valence-corrected chi connectivity index (χ2v) is 9.37. The predicted molar refractivity (Wildman–Crippen MR) is 136 cm³/mol. The number of alkyl halides is 1. The third-order valence-corrected chi connectivity index (χ3v) is 5.99. The standard InChI is InChI=1S/C23H24BrClFN5O5/c1-11-2-3-12(4-17(11)31-23-28-8-14(26)9-29-23)22(36)27-10-19(32)30-18(7-20(33)34)15-5-13(24)6-16(25)21(15)35/h2-6,14,18,35H,7-10H2,1H3,(H,27,36)(H,30,32)(H,33,34)(H2,28,29,31)/t18-/m0/s1. The van der Waals surface area contributed by atoms with Gasteiger partial charge in [0.1, 0.15) is 11.9 Å². The molecule has 0 spiro atoms. The van der Waals surface area contributed by atoms with E-state index in [1.807, 2.05) is 6.92 Å². The highest BCUT2D eigenvalue weighted by Crippen LogP contribution is 2.36. The molecule has 10 nitrogen and oxygen atoms in total. The van der Waals surface area contributed by atoms with Crippen molar-refractivity contribution in [1.82, 2.24) is 16.0 Å². The number of nitrogens with one attached hydrogen (secondary N) is 4. The molecule has 0 aliphatic carbocycles. The molecule has 3 rings (SSSR count). The van der Waals surface area contributed by atoms with Gasteiger partial charge in [-0.05, 0) is 36.8 Å². The second-order valence-electron chi connectivity index (χ2n) is 8.05. The van der Waals surface area contributed by atoms with E-state index < -0.39 is 43.0 Å². The first-order valence-electron chi connectivity index (χ1n) is 10.8. The molecular formula is C23H24BrClFN5O5. The number of carbonyl (C=O) groups excluding carboxylic acids is 2. The molecule has 0 saturated carbocycles. The van der Waals surface area contributed by atoms with E-state index in [9.17, 15) is 29.0 Å². The summed E-state index contributed by atoms with van der Waals surface area (Å²) in [5.74, 6) is -2.38. The summed E-state index contributed by atoms with van der Waals surface area (Å²) in [4.78, 5) is 40.6. The van der Waals surface area contributed by atoms with Crippen LogP contribution in [0.1, 0.15) is 33.9 Å². The van der Waals surface area contributed by atoms with Gasteiger partial charge in [0.15, 0.2) is 5.96 Å². The number of aryl methyl sites for hydroxylation is 1. The fourth-order valence-electron chi connectivity index (χ4n) is 3.40. The molecule has 36 heavy (non-hydrogen) atoms. The lowest BCUT2D eigenvalue weighted by atomic mass is 10.0. The molecule has 1 aliphatic rings. The molecular weight excluding hydrogens is 561 g/mol. The van der Waals surface area contributed by atoms with Crippen LogP contribution < -0.4 is 21.3 Å². The molecule has 0 saturated heterocycles. The van der Waals surface area contributed by atoms with Gasteiger partial charge in [-0.15, -0.1) is 0 Å². The third kappa shape index (κ3) is 7.31. The number of aliphatic carboxylic acids is 1. The van der Waals surface area contributed by atoms with Crippen LogP contribution in [0.4, 0.5) is 10.1 Å². The van der Waals surface area contributed by atoms with Crippen molar-refractivity contribution in [3.8, 4) is 5.75 Å². The maximum Gasteiger partial charge on any atom is 0.305 e. The van der Waals surface area contributed by atoms with Crippen molar-refractivity contribution in [2.45, 2.75) is 25.6 Å². The highest BCUT2D eigenvalue weighted by molar-refractivity contribution is 9.10. The lowest BCUT2D eigenvalue weighted by Crippen LogP contribution is -2.41. The van der Waals surface area contributed by atoms with E-state index in [0.29, 0.717) is 16.1 Å². The van der Waals surface area contributed by atoms with Crippen LogP contribution in [0.15, 0.2) is 39.8 Å². The van der Waals surface area contributed by atoms with Gasteiger partial charge < -0.3 is 31.5 Å². The number of carbonyl (C=O) groups is 3. The number of nitrogens with zero attached hydrogens (tertiary/aromatic N) is 1. The van der Waals surface area contributed by atoms with Crippen molar-refractivity contribution >= 4 is 57.0 Å². The molecule has 0 fully saturated rings. The number of phenolic OH excluding ortho intramolecular Hbond substituents is 1. The van der Waals surface area contributed by atoms with E-state index in [-0.39, 0.29) is 35.0 Å². The second kappa shape index (κ2) is 12.0. The molecule has 1 heterocycles. The Labute approximate surface area is 219 Å². The number of benzene rings is 2. The number of hydrogen-bond donors (Lipinski definition) is 6. The first-order valence-corrected chi connectivity index (χ1v) is 12.0. The molecule has 6 N–H and O–H groups in total. The zero-order valence-electron chi connectivity index (χ0n) is 19.1. The van der Waals surface area contributed by atoms with Gasteiger partial charge in [0.05, 0.1) is 37.1 Å². The largest absolute Gasteiger partial charge is 0.506 e. The summed E-state index contributed by atoms with van der Waals surface area (Å²) < 4.78 is 13.7. The summed E-state index contributed by atoms with van der Waals surface area (Å²) in [5.41, 5.74) is 1.78. The molecule has 0 radical (unpaired) electrons. The summed E-state index contributed by atoms with van der Waals surface area (Å²) in [6.07, 6.45) is -1.58. The molecule has 13 heteroatoms. The van der Waals surface area contributed by atoms with Crippen molar-refractivity contribution < 1.29 is 29.0 Å². The van der Waals surface area contributed by atoms with Crippen molar-refractivity contribution in [2.24, 2.45) is 4.99 Å². The minimum Gasteiger partial charge on any atom is -0.506 e. The van der Waals surface area contributed by atoms with Gasteiger partial charge in [-0.2, -0.15) is 0 Å². The fourth-order valence-corrected chi connectivity index (χ4v) is 4.23. The van der Waals surface area contributed by atoms with Crippen LogP contribution in [-0.2, 0) is 9.59 Å². The number of halogens is 3. The molecule has 1 aliphatic heterocycles. The maximum atomic E-state index is 13.3. The van der Waals surface area contributed by atoms with Crippen molar-refractivity contribution in [3.05, 3.63) is 56.5 Å². The number of anilines is 1. The number of phenols is 1. The normalized spacial score (nSPS) is 15.8. The van der Waals surface area contributed by atoms with E-state index in [0.717, 1.165) is 5.56 Å². The van der Waals surface area contributed by atoms with Gasteiger partial charge in [-0.3, -0.25) is 14.4 Å². The predicted octanol–water partition coefficient (Wildman–Crippen LogP) is 2.89. The quantitative estimate of drug-likeness (QED) is 0.279. The lowest BCUT2D eigenvalue weighted by molar-refractivity contribution is -0.137. The Kier molecular flexibility index (Phi) is 9.10. The lowest BCUT2D eigenvalue weighted by Gasteiger charge is -2.20. The molecule has 192 valence electrons. The van der Waals surface area contributed by atoms with Gasteiger partial charge in [-0.25, -0.2) is 9.38 Å². The van der Waals surface area contributed by atoms with Gasteiger partial charge in [-0.1, -0.05) is 33.6 Å². The molecule has 2 aromatic rings. The zero-order chi connectivity index (χ0) is 26.4. The Morgan fingerprint density at radius 2 is 2.06 bits per heavy atom. The average molecular weight is 585 g/mol. The Balaban J connectivity index is 1.65. The first kappa shape index (κ1) is 27.2. The van der Waals surface area contributed by atoms with E-state index in [2.05, 4.69) is 42.2 Å². The molecule has 0 bridgehead atoms. The summed E-state index contributed by atoms with van der Waals surface area (Å²) >= 11 is 9.19. The number of guanidine groups is 1. The van der Waals surface area contributed by atoms with Crippen molar-refractivity contribution in [3.63, 3.8) is 0 Å². The summed E-state index contributed by atoms with van der Waals surface area (Å²) in [5, 5.41) is 30.3. The number of aromatic hydroxyl groups is 1. The van der Waals surface area contributed by atoms with Crippen LogP contribution in [-0.4, -0.2) is 59.8 Å². The maximum absolute atomic E-state index is 13.3. The average Bonchev–Trinajstić information content (AvgIpc) is 2.82. The summed E-state index contributed by atoms with van der Waals surface area (Å²) in [7, 11) is 0. The van der Waals surface area contributed by atoms with Crippen LogP contribution in [0.3, 0.4) is 0 Å². The first-order chi connectivity index (χ1) is 17.0. The topological polar surface area (TPSA) is 152 Å². The van der Waals surface area contributed by atoms with Crippen LogP contribution >= 0.6 is 27.5 Å². The van der Waals surface area contributed by atoms with Crippen molar-refractivity contribution in [1.29, 1.82) is 0 Å². The van der Waals surface area contributed by atoms with Gasteiger partial charge in [0, 0.05) is 21.3 Å². The van der Waals surface area contributed by atoms with Crippen LogP contribution in [0, 0.1) is 6.92 Å². The molecule has 2 aromatic carbocycles. The minimum absolute atomic E-state index is 0.0139. The number of aliphatic imine (C=N–C) groups is 1. The Hall–Kier alpha value is -3.38. The number of carboxylic acids is 1. The molecule has 0 aromatic heterocycles. The van der Waals surface area contributed by atoms with E-state index >= 15 is 0 Å². The Bertz CT molecular complexity index is 1210. The molecule has 2 atom stereocenters. The van der Waals surface area contributed by atoms with E-state index in [1.165, 1.54) is 12.1 Å². The highest BCUT2D eigenvalue weighted by Gasteiger charge is 2.23. The van der Waals surface area contributed by atoms with Crippen LogP contribution in [0.25, 0.3) is 0 Å². The number of carboxylic acid groups (broad SMARTS) is 1. The SMILES string of the molecule is Cc1ccc(C(=O)NCC(=O)N[C@@H](CC(=O)O)c2cc(Br)cc(Cl)c2O)cc1NC1=NCC(F)CN1. The molecule has 1 unspecified atom stereocenters. The number of hydrogen-bond acceptors (Lipinski definition) is 7. The monoisotopic (exact) mass is 583 g/mol. The van der Waals surface area contributed by atoms with E-state index in [1.54, 1.807) is 18.2 Å². The zero-order valence-corrected chi connectivity index (χ0v) is 21.4. The van der Waals surface area contributed by atoms with Crippen molar-refractivity contribution in [2.75, 3.05) is 25.0 Å². The van der Waals surface area contributed by atoms with Gasteiger partial charge in [0.2, 0.25) is 5.91 Å². The summed E-state index contributed by atoms with van der Waals surface area (Å²) in [6, 6.07) is 6.65. The van der Waals surface area contributed by atoms with E-state index in [4.69, 9.17) is 11.6 Å². The van der Waals surface area contributed by atoms with Gasteiger partial charge >= 0.3 is 5.97 Å². The smallest absolute Gasteiger partial charge is 0.305 e. The van der Waals surface area contributed by atoms with Crippen LogP contribution in [0.5, 0.6) is 5.75 Å². The number of rotatable bonds is 8. The third-order valence-electron chi connectivity index (χ3n) is 5.25. The summed E-state index contributed by atoms with van der Waals surface area (Å²) in [6.45, 7) is 1.55. The Morgan fingerprint density at radius 3 is 2.72 bits per heavy atom. The van der Waals surface area contributed by atoms with Crippen LogP contribution in [0.2, 0.25) is 5.02 Å². The number of amides is 2. The highest BCUT2D eigenvalue weighted by atomic mass is 79.9. The van der Waals surface area contributed by atoms with Gasteiger partial charge in [0.25, 0.3) is 5.91 Å².